The third kappa shape index (κ3) is 8.89. The number of ether oxygens (including phenoxy) is 1. The number of allylic oxidation sites excluding steroid dienone is 1. The fraction of sp³-hybridized carbons (Fsp3) is 0.214. The topological polar surface area (TPSA) is 119 Å². The highest BCUT2D eigenvalue weighted by Gasteiger charge is 2.18. The molecule has 2 N–H and O–H groups in total. The van der Waals surface area contributed by atoms with Gasteiger partial charge in [-0.05, 0) is 60.4 Å². The first-order chi connectivity index (χ1) is 17.6. The molecule has 0 heterocycles. The van der Waals surface area contributed by atoms with Gasteiger partial charge in [0.05, 0.1) is 6.26 Å². The average molecular weight is 524 g/mol. The second-order valence-electron chi connectivity index (χ2n) is 8.26. The second-order valence-corrected chi connectivity index (χ2v) is 9.83. The van der Waals surface area contributed by atoms with E-state index in [0.717, 1.165) is 22.9 Å². The number of anilines is 1. The van der Waals surface area contributed by atoms with Crippen LogP contribution in [0.1, 0.15) is 34.0 Å². The van der Waals surface area contributed by atoms with E-state index in [2.05, 4.69) is 5.32 Å². The van der Waals surface area contributed by atoms with E-state index >= 15 is 0 Å². The maximum Gasteiger partial charge on any atom is 0.333 e. The van der Waals surface area contributed by atoms with E-state index in [1.807, 2.05) is 24.3 Å². The number of carbonyl (C=O) groups excluding carboxylic acids is 1. The number of carbonyl (C=O) groups is 2. The van der Waals surface area contributed by atoms with Gasteiger partial charge in [0.25, 0.3) is 5.91 Å². The number of hydrogen-bond acceptors (Lipinski definition) is 6. The van der Waals surface area contributed by atoms with Crippen LogP contribution in [0.15, 0.2) is 78.9 Å². The van der Waals surface area contributed by atoms with Crippen molar-refractivity contribution in [3.8, 4) is 5.75 Å². The largest absolute Gasteiger partial charge is 0.479 e. The highest BCUT2D eigenvalue weighted by atomic mass is 32.2. The Balaban J connectivity index is 1.62. The number of amides is 1. The lowest BCUT2D eigenvalue weighted by atomic mass is 10.0. The van der Waals surface area contributed by atoms with Gasteiger partial charge in [0.15, 0.2) is 6.10 Å². The molecule has 1 atom stereocenters. The fourth-order valence-corrected chi connectivity index (χ4v) is 4.07. The summed E-state index contributed by atoms with van der Waals surface area (Å²) in [6.07, 6.45) is 4.63. The van der Waals surface area contributed by atoms with Crippen molar-refractivity contribution in [3.63, 3.8) is 0 Å². The molecule has 0 aliphatic heterocycles. The van der Waals surface area contributed by atoms with Gasteiger partial charge in [-0.15, -0.1) is 0 Å². The summed E-state index contributed by atoms with van der Waals surface area (Å²) in [5.41, 5.74) is 3.62. The van der Waals surface area contributed by atoms with Gasteiger partial charge >= 0.3 is 16.1 Å². The van der Waals surface area contributed by atoms with Crippen LogP contribution >= 0.6 is 0 Å². The van der Waals surface area contributed by atoms with Gasteiger partial charge in [-0.25, -0.2) is 4.79 Å². The van der Waals surface area contributed by atoms with Gasteiger partial charge < -0.3 is 19.3 Å². The average Bonchev–Trinajstić information content (AvgIpc) is 2.85. The van der Waals surface area contributed by atoms with Gasteiger partial charge in [-0.2, -0.15) is 8.42 Å². The first-order valence-corrected chi connectivity index (χ1v) is 13.4. The van der Waals surface area contributed by atoms with Crippen LogP contribution in [-0.2, 0) is 32.5 Å². The Labute approximate surface area is 216 Å². The summed E-state index contributed by atoms with van der Waals surface area (Å²) in [4.78, 5) is 24.3. The number of nitrogens with one attached hydrogen (secondary N) is 1. The molecule has 0 radical (unpaired) electrons. The number of benzene rings is 3. The molecule has 0 saturated heterocycles. The summed E-state index contributed by atoms with van der Waals surface area (Å²) < 4.78 is 32.5. The quantitative estimate of drug-likeness (QED) is 0.334. The van der Waals surface area contributed by atoms with Gasteiger partial charge in [0.1, 0.15) is 5.75 Å². The zero-order valence-electron chi connectivity index (χ0n) is 20.6. The number of rotatable bonds is 12. The summed E-state index contributed by atoms with van der Waals surface area (Å²) in [6.45, 7) is 2.06. The van der Waals surface area contributed by atoms with E-state index in [9.17, 15) is 23.1 Å². The van der Waals surface area contributed by atoms with Crippen LogP contribution in [0.4, 0.5) is 5.69 Å². The van der Waals surface area contributed by atoms with Crippen LogP contribution in [-0.4, -0.2) is 44.4 Å². The fourth-order valence-electron chi connectivity index (χ4n) is 3.61. The first-order valence-electron chi connectivity index (χ1n) is 11.6. The van der Waals surface area contributed by atoms with Crippen molar-refractivity contribution < 1.29 is 32.0 Å². The van der Waals surface area contributed by atoms with E-state index in [-0.39, 0.29) is 18.1 Å². The van der Waals surface area contributed by atoms with Crippen molar-refractivity contribution in [3.05, 3.63) is 101 Å². The standard InChI is InChI=1S/C28H29NO7S/c1-3-35-26(28(31)32)19-21-11-15-23(16-12-21)29-27(30)25-10-5-4-8-22(25)9-6-7-20-13-17-24(18-14-20)36-37(2,33)34/h4-8,10-18,26H,3,9,19H2,1-2H3,(H,29,30)(H,31,32). The molecule has 8 nitrogen and oxygen atoms in total. The number of carboxylic acids is 1. The summed E-state index contributed by atoms with van der Waals surface area (Å²) in [5.74, 6) is -1.02. The number of carboxylic acid groups (broad SMARTS) is 1. The number of aliphatic carboxylic acids is 1. The minimum atomic E-state index is -3.57. The van der Waals surface area contributed by atoms with E-state index in [1.54, 1.807) is 67.6 Å². The molecule has 9 heteroatoms. The van der Waals surface area contributed by atoms with Crippen molar-refractivity contribution in [1.29, 1.82) is 0 Å². The van der Waals surface area contributed by atoms with Crippen LogP contribution in [0.2, 0.25) is 0 Å². The first kappa shape index (κ1) is 27.6. The maximum absolute atomic E-state index is 13.0. The van der Waals surface area contributed by atoms with Crippen LogP contribution in [0.5, 0.6) is 5.75 Å². The Bertz CT molecular complexity index is 1350. The van der Waals surface area contributed by atoms with Crippen molar-refractivity contribution >= 4 is 33.8 Å². The number of hydrogen-bond donors (Lipinski definition) is 2. The minimum absolute atomic E-state index is 0.236. The van der Waals surface area contributed by atoms with Gasteiger partial charge in [-0.1, -0.05) is 54.6 Å². The molecule has 0 aromatic heterocycles. The predicted octanol–water partition coefficient (Wildman–Crippen LogP) is 4.57. The van der Waals surface area contributed by atoms with Crippen molar-refractivity contribution in [1.82, 2.24) is 0 Å². The maximum atomic E-state index is 13.0. The Kier molecular flexibility index (Phi) is 9.59. The molecule has 37 heavy (non-hydrogen) atoms. The lowest BCUT2D eigenvalue weighted by Crippen LogP contribution is -2.26. The van der Waals surface area contributed by atoms with Crippen LogP contribution in [0.25, 0.3) is 6.08 Å². The Morgan fingerprint density at radius 3 is 2.30 bits per heavy atom. The second kappa shape index (κ2) is 12.8. The normalized spacial score (nSPS) is 12.3. The molecule has 0 spiro atoms. The third-order valence-corrected chi connectivity index (χ3v) is 5.81. The molecule has 3 aromatic carbocycles. The molecule has 0 saturated carbocycles. The molecule has 0 bridgehead atoms. The SMILES string of the molecule is CCOC(Cc1ccc(NC(=O)c2ccccc2CC=Cc2ccc(OS(C)(=O)=O)cc2)cc1)C(=O)O. The monoisotopic (exact) mass is 523 g/mol. The zero-order valence-corrected chi connectivity index (χ0v) is 21.4. The Morgan fingerprint density at radius 1 is 1.00 bits per heavy atom. The predicted molar refractivity (Wildman–Crippen MR) is 142 cm³/mol. The smallest absolute Gasteiger partial charge is 0.333 e. The zero-order chi connectivity index (χ0) is 26.8. The lowest BCUT2D eigenvalue weighted by Gasteiger charge is -2.13. The van der Waals surface area contributed by atoms with Crippen LogP contribution in [0, 0.1) is 0 Å². The molecular weight excluding hydrogens is 494 g/mol. The minimum Gasteiger partial charge on any atom is -0.479 e. The van der Waals surface area contributed by atoms with E-state index in [1.165, 1.54) is 0 Å². The van der Waals surface area contributed by atoms with E-state index in [0.29, 0.717) is 24.3 Å². The van der Waals surface area contributed by atoms with E-state index < -0.39 is 22.2 Å². The summed E-state index contributed by atoms with van der Waals surface area (Å²) in [7, 11) is -3.57. The van der Waals surface area contributed by atoms with Gasteiger partial charge in [0.2, 0.25) is 0 Å². The van der Waals surface area contributed by atoms with Crippen molar-refractivity contribution in [2.24, 2.45) is 0 Å². The molecule has 0 aliphatic carbocycles. The highest BCUT2D eigenvalue weighted by molar-refractivity contribution is 7.86. The lowest BCUT2D eigenvalue weighted by molar-refractivity contribution is -0.149. The molecule has 3 rings (SSSR count). The Hall–Kier alpha value is -3.95. The van der Waals surface area contributed by atoms with E-state index in [4.69, 9.17) is 8.92 Å². The molecule has 0 aliphatic rings. The van der Waals surface area contributed by atoms with Crippen LogP contribution < -0.4 is 9.50 Å². The molecule has 194 valence electrons. The summed E-state index contributed by atoms with van der Waals surface area (Å²) in [5, 5.41) is 12.1. The Morgan fingerprint density at radius 2 is 1.68 bits per heavy atom. The summed E-state index contributed by atoms with van der Waals surface area (Å²) >= 11 is 0. The molecular formula is C28H29NO7S. The molecule has 0 fully saturated rings. The van der Waals surface area contributed by atoms with Crippen LogP contribution in [0.3, 0.4) is 0 Å². The molecule has 1 unspecified atom stereocenters. The van der Waals surface area contributed by atoms with Gasteiger partial charge in [-0.3, -0.25) is 4.79 Å². The van der Waals surface area contributed by atoms with Gasteiger partial charge in [0, 0.05) is 24.3 Å². The highest BCUT2D eigenvalue weighted by Crippen LogP contribution is 2.18. The third-order valence-electron chi connectivity index (χ3n) is 5.31. The molecule has 1 amide bonds. The van der Waals surface area contributed by atoms with Crippen molar-refractivity contribution in [2.45, 2.75) is 25.9 Å². The molecule has 3 aromatic rings. The van der Waals surface area contributed by atoms with Crippen molar-refractivity contribution in [2.75, 3.05) is 18.2 Å². The summed E-state index contributed by atoms with van der Waals surface area (Å²) in [6, 6.07) is 20.9.